The fourth-order valence-electron chi connectivity index (χ4n) is 3.87. The van der Waals surface area contributed by atoms with Crippen molar-refractivity contribution in [3.05, 3.63) is 65.5 Å². The molecule has 0 saturated carbocycles. The number of benzene rings is 2. The van der Waals surface area contributed by atoms with Crippen molar-refractivity contribution < 1.29 is 17.9 Å². The van der Waals surface area contributed by atoms with Gasteiger partial charge >= 0.3 is 0 Å². The first-order valence-electron chi connectivity index (χ1n) is 10.6. The second kappa shape index (κ2) is 9.85. The van der Waals surface area contributed by atoms with Crippen LogP contribution < -0.4 is 10.1 Å². The van der Waals surface area contributed by atoms with Crippen LogP contribution in [0.25, 0.3) is 10.4 Å². The van der Waals surface area contributed by atoms with Crippen molar-refractivity contribution in [3.8, 4) is 16.2 Å². The highest BCUT2D eigenvalue weighted by molar-refractivity contribution is 7.89. The van der Waals surface area contributed by atoms with Crippen LogP contribution >= 0.6 is 11.3 Å². The van der Waals surface area contributed by atoms with Gasteiger partial charge in [0.15, 0.2) is 0 Å². The van der Waals surface area contributed by atoms with E-state index in [1.54, 1.807) is 23.5 Å². The Kier molecular flexibility index (Phi) is 6.93. The molecule has 168 valence electrons. The molecule has 6 nitrogen and oxygen atoms in total. The molecule has 0 spiro atoms. The van der Waals surface area contributed by atoms with Crippen LogP contribution in [0.2, 0.25) is 0 Å². The van der Waals surface area contributed by atoms with E-state index in [1.165, 1.54) is 17.5 Å². The summed E-state index contributed by atoms with van der Waals surface area (Å²) in [6.07, 6.45) is 3.72. The van der Waals surface area contributed by atoms with Gasteiger partial charge in [0.25, 0.3) is 5.91 Å². The molecular weight excluding hydrogens is 444 g/mol. The molecule has 1 amide bonds. The smallest absolute Gasteiger partial charge is 0.255 e. The minimum absolute atomic E-state index is 0.0288. The zero-order valence-electron chi connectivity index (χ0n) is 17.9. The number of hydrogen-bond acceptors (Lipinski definition) is 5. The average Bonchev–Trinajstić information content (AvgIpc) is 3.20. The molecule has 0 unspecified atom stereocenters. The fraction of sp³-hybridized carbons (Fsp3) is 0.292. The number of carbonyl (C=O) groups excluding carboxylic acids is 1. The molecule has 1 aromatic heterocycles. The molecule has 4 rings (SSSR count). The third-order valence-electron chi connectivity index (χ3n) is 5.57. The summed E-state index contributed by atoms with van der Waals surface area (Å²) in [6.45, 7) is 0.964. The average molecular weight is 471 g/mol. The van der Waals surface area contributed by atoms with Crippen molar-refractivity contribution in [2.24, 2.45) is 0 Å². The Hall–Kier alpha value is -2.68. The van der Waals surface area contributed by atoms with E-state index in [0.29, 0.717) is 18.8 Å². The summed E-state index contributed by atoms with van der Waals surface area (Å²) < 4.78 is 33.6. The first-order chi connectivity index (χ1) is 15.5. The van der Waals surface area contributed by atoms with Gasteiger partial charge in [0.2, 0.25) is 10.0 Å². The Balaban J connectivity index is 1.65. The van der Waals surface area contributed by atoms with Gasteiger partial charge in [-0.2, -0.15) is 4.31 Å². The highest BCUT2D eigenvalue weighted by Crippen LogP contribution is 2.33. The van der Waals surface area contributed by atoms with Crippen molar-refractivity contribution >= 4 is 33.0 Å². The van der Waals surface area contributed by atoms with Crippen LogP contribution in [0.15, 0.2) is 64.9 Å². The molecule has 1 fully saturated rings. The third kappa shape index (κ3) is 4.72. The normalized spacial score (nSPS) is 15.2. The zero-order valence-corrected chi connectivity index (χ0v) is 19.5. The topological polar surface area (TPSA) is 75.7 Å². The molecule has 0 radical (unpaired) electrons. The second-order valence-corrected chi connectivity index (χ2v) is 10.5. The van der Waals surface area contributed by atoms with Gasteiger partial charge in [0.05, 0.1) is 7.11 Å². The number of nitrogens with one attached hydrogen (secondary N) is 1. The monoisotopic (exact) mass is 470 g/mol. The van der Waals surface area contributed by atoms with E-state index in [2.05, 4.69) is 5.32 Å². The number of sulfonamides is 1. The number of hydrogen-bond donors (Lipinski definition) is 1. The largest absolute Gasteiger partial charge is 0.495 e. The van der Waals surface area contributed by atoms with Gasteiger partial charge in [-0.05, 0) is 48.6 Å². The number of amides is 1. The molecule has 0 aliphatic carbocycles. The summed E-state index contributed by atoms with van der Waals surface area (Å²) in [7, 11) is -2.33. The van der Waals surface area contributed by atoms with Crippen molar-refractivity contribution in [2.45, 2.75) is 30.6 Å². The second-order valence-electron chi connectivity index (χ2n) is 7.66. The van der Waals surface area contributed by atoms with Gasteiger partial charge in [-0.3, -0.25) is 4.79 Å². The van der Waals surface area contributed by atoms with E-state index >= 15 is 0 Å². The van der Waals surface area contributed by atoms with Crippen LogP contribution in [0.3, 0.4) is 0 Å². The quantitative estimate of drug-likeness (QED) is 0.535. The van der Waals surface area contributed by atoms with E-state index in [9.17, 15) is 13.2 Å². The van der Waals surface area contributed by atoms with Gasteiger partial charge in [0.1, 0.15) is 10.6 Å². The van der Waals surface area contributed by atoms with Crippen LogP contribution in [-0.2, 0) is 10.0 Å². The van der Waals surface area contributed by atoms with Gasteiger partial charge in [-0.1, -0.05) is 37.1 Å². The number of nitrogens with zero attached hydrogens (tertiary/aromatic N) is 1. The lowest BCUT2D eigenvalue weighted by Crippen LogP contribution is -2.32. The Labute approximate surface area is 192 Å². The minimum Gasteiger partial charge on any atom is -0.495 e. The molecule has 1 aliphatic heterocycles. The van der Waals surface area contributed by atoms with E-state index < -0.39 is 10.0 Å². The Morgan fingerprint density at radius 1 is 1.00 bits per heavy atom. The van der Waals surface area contributed by atoms with Crippen molar-refractivity contribution in [1.82, 2.24) is 4.31 Å². The fourth-order valence-corrected chi connectivity index (χ4v) is 6.34. The molecule has 0 atom stereocenters. The number of carbonyl (C=O) groups is 1. The maximum Gasteiger partial charge on any atom is 0.255 e. The van der Waals surface area contributed by atoms with Crippen LogP contribution in [0.1, 0.15) is 36.0 Å². The predicted molar refractivity (Wildman–Crippen MR) is 128 cm³/mol. The van der Waals surface area contributed by atoms with Crippen molar-refractivity contribution in [2.75, 3.05) is 25.5 Å². The number of ether oxygens (including phenoxy) is 1. The predicted octanol–water partition coefficient (Wildman–Crippen LogP) is 5.24. The standard InChI is InChI=1S/C24H26N2O4S2/c1-30-21-13-12-18(17-23(21)32(28,29)26-14-6-2-3-7-15-26)24(27)25-20-10-5-4-9-19(20)22-11-8-16-31-22/h4-5,8-13,16-17H,2-3,6-7,14-15H2,1H3,(H,25,27). The maximum absolute atomic E-state index is 13.4. The molecule has 2 aromatic carbocycles. The van der Waals surface area contributed by atoms with Gasteiger partial charge in [-0.15, -0.1) is 11.3 Å². The van der Waals surface area contributed by atoms with Gasteiger partial charge in [0, 0.05) is 34.8 Å². The van der Waals surface area contributed by atoms with E-state index in [4.69, 9.17) is 4.74 Å². The highest BCUT2D eigenvalue weighted by atomic mass is 32.2. The molecule has 3 aromatic rings. The van der Waals surface area contributed by atoms with E-state index in [-0.39, 0.29) is 22.1 Å². The molecule has 1 N–H and O–H groups in total. The minimum atomic E-state index is -3.77. The van der Waals surface area contributed by atoms with E-state index in [1.807, 2.05) is 41.8 Å². The number of rotatable bonds is 6. The lowest BCUT2D eigenvalue weighted by molar-refractivity contribution is 0.102. The third-order valence-corrected chi connectivity index (χ3v) is 8.39. The van der Waals surface area contributed by atoms with Crippen molar-refractivity contribution in [1.29, 1.82) is 0 Å². The number of para-hydroxylation sites is 1. The Morgan fingerprint density at radius 3 is 2.44 bits per heavy atom. The van der Waals surface area contributed by atoms with Crippen LogP contribution in [0.4, 0.5) is 5.69 Å². The molecule has 0 bridgehead atoms. The highest BCUT2D eigenvalue weighted by Gasteiger charge is 2.29. The summed E-state index contributed by atoms with van der Waals surface area (Å²) in [5.74, 6) is -0.131. The Morgan fingerprint density at radius 2 is 1.75 bits per heavy atom. The summed E-state index contributed by atoms with van der Waals surface area (Å²) in [4.78, 5) is 14.2. The van der Waals surface area contributed by atoms with Crippen LogP contribution in [0, 0.1) is 0 Å². The lowest BCUT2D eigenvalue weighted by Gasteiger charge is -2.21. The molecule has 8 heteroatoms. The molecular formula is C24H26N2O4S2. The summed E-state index contributed by atoms with van der Waals surface area (Å²) in [5, 5.41) is 4.92. The number of methoxy groups -OCH3 is 1. The molecule has 1 aliphatic rings. The lowest BCUT2D eigenvalue weighted by atomic mass is 10.1. The van der Waals surface area contributed by atoms with Crippen LogP contribution in [-0.4, -0.2) is 38.8 Å². The SMILES string of the molecule is COc1ccc(C(=O)Nc2ccccc2-c2cccs2)cc1S(=O)(=O)N1CCCCCC1. The van der Waals surface area contributed by atoms with Crippen molar-refractivity contribution in [3.63, 3.8) is 0 Å². The zero-order chi connectivity index (χ0) is 22.6. The summed E-state index contributed by atoms with van der Waals surface area (Å²) >= 11 is 1.59. The van der Waals surface area contributed by atoms with E-state index in [0.717, 1.165) is 36.1 Å². The van der Waals surface area contributed by atoms with Crippen LogP contribution in [0.5, 0.6) is 5.75 Å². The summed E-state index contributed by atoms with van der Waals surface area (Å²) in [5.41, 5.74) is 1.86. The summed E-state index contributed by atoms with van der Waals surface area (Å²) in [6, 6.07) is 16.1. The molecule has 2 heterocycles. The Bertz CT molecular complexity index is 1180. The first kappa shape index (κ1) is 22.5. The number of thiophene rings is 1. The molecule has 32 heavy (non-hydrogen) atoms. The number of anilines is 1. The molecule has 1 saturated heterocycles. The van der Waals surface area contributed by atoms with Gasteiger partial charge < -0.3 is 10.1 Å². The van der Waals surface area contributed by atoms with Gasteiger partial charge in [-0.25, -0.2) is 8.42 Å². The first-order valence-corrected chi connectivity index (χ1v) is 12.9. The maximum atomic E-state index is 13.4.